The van der Waals surface area contributed by atoms with E-state index in [2.05, 4.69) is 0 Å². The Morgan fingerprint density at radius 3 is 2.57 bits per heavy atom. The fourth-order valence-corrected chi connectivity index (χ4v) is 2.16. The summed E-state index contributed by atoms with van der Waals surface area (Å²) in [6.45, 7) is 7.84. The van der Waals surface area contributed by atoms with Crippen LogP contribution in [0.5, 0.6) is 5.75 Å². The van der Waals surface area contributed by atoms with Crippen molar-refractivity contribution in [2.75, 3.05) is 20.3 Å². The number of carbonyl (C=O) groups is 1. The molecule has 1 aliphatic rings. The Balaban J connectivity index is 1.97. The molecule has 5 nitrogen and oxygen atoms in total. The summed E-state index contributed by atoms with van der Waals surface area (Å²) in [7, 11) is 1.64. The monoisotopic (exact) mass is 293 g/mol. The van der Waals surface area contributed by atoms with Gasteiger partial charge in [-0.15, -0.1) is 0 Å². The van der Waals surface area contributed by atoms with Gasteiger partial charge in [0.15, 0.2) is 0 Å². The van der Waals surface area contributed by atoms with Crippen LogP contribution in [0.2, 0.25) is 0 Å². The van der Waals surface area contributed by atoms with Gasteiger partial charge in [0.2, 0.25) is 0 Å². The fraction of sp³-hybridized carbons (Fsp3) is 0.562. The van der Waals surface area contributed by atoms with Crippen LogP contribution in [0.4, 0.5) is 4.79 Å². The second kappa shape index (κ2) is 6.35. The van der Waals surface area contributed by atoms with E-state index in [9.17, 15) is 4.79 Å². The third-order valence-electron chi connectivity index (χ3n) is 3.11. The zero-order chi connectivity index (χ0) is 15.5. The van der Waals surface area contributed by atoms with Crippen molar-refractivity contribution in [1.82, 2.24) is 4.90 Å². The molecule has 1 amide bonds. The minimum atomic E-state index is -0.472. The van der Waals surface area contributed by atoms with E-state index in [-0.39, 0.29) is 6.09 Å². The SMILES string of the molecule is COCCOc1ccc2c(c1)CN(C(=O)OC(C)(C)C)C2. The van der Waals surface area contributed by atoms with Gasteiger partial charge in [0.1, 0.15) is 18.0 Å². The molecule has 1 heterocycles. The van der Waals surface area contributed by atoms with Crippen LogP contribution in [0.15, 0.2) is 18.2 Å². The summed E-state index contributed by atoms with van der Waals surface area (Å²) in [6.07, 6.45) is -0.277. The number of methoxy groups -OCH3 is 1. The second-order valence-corrected chi connectivity index (χ2v) is 6.11. The Kier molecular flexibility index (Phi) is 4.73. The summed E-state index contributed by atoms with van der Waals surface area (Å²) >= 11 is 0. The molecule has 5 heteroatoms. The molecule has 1 aromatic carbocycles. The quantitative estimate of drug-likeness (QED) is 0.801. The standard InChI is InChI=1S/C16H23NO4/c1-16(2,3)21-15(18)17-10-12-5-6-14(9-13(12)11-17)20-8-7-19-4/h5-6,9H,7-8,10-11H2,1-4H3. The van der Waals surface area contributed by atoms with Crippen molar-refractivity contribution in [2.24, 2.45) is 0 Å². The van der Waals surface area contributed by atoms with Crippen LogP contribution in [-0.4, -0.2) is 36.9 Å². The number of rotatable bonds is 4. The highest BCUT2D eigenvalue weighted by molar-refractivity contribution is 5.69. The number of fused-ring (bicyclic) bond motifs is 1. The number of nitrogens with zero attached hydrogens (tertiary/aromatic N) is 1. The molecular formula is C16H23NO4. The van der Waals surface area contributed by atoms with E-state index in [1.807, 2.05) is 39.0 Å². The van der Waals surface area contributed by atoms with E-state index in [0.29, 0.717) is 26.3 Å². The van der Waals surface area contributed by atoms with Crippen LogP contribution in [0.1, 0.15) is 31.9 Å². The predicted octanol–water partition coefficient (Wildman–Crippen LogP) is 2.96. The number of amides is 1. The van der Waals surface area contributed by atoms with Crippen molar-refractivity contribution < 1.29 is 19.0 Å². The van der Waals surface area contributed by atoms with Crippen molar-refractivity contribution in [1.29, 1.82) is 0 Å². The molecule has 0 radical (unpaired) electrons. The summed E-state index contributed by atoms with van der Waals surface area (Å²) in [5.74, 6) is 0.803. The van der Waals surface area contributed by atoms with Crippen molar-refractivity contribution in [3.05, 3.63) is 29.3 Å². The van der Waals surface area contributed by atoms with Crippen LogP contribution in [-0.2, 0) is 22.6 Å². The van der Waals surface area contributed by atoms with Crippen LogP contribution < -0.4 is 4.74 Å². The Labute approximate surface area is 125 Å². The Hall–Kier alpha value is -1.75. The minimum Gasteiger partial charge on any atom is -0.491 e. The highest BCUT2D eigenvalue weighted by atomic mass is 16.6. The average molecular weight is 293 g/mol. The molecule has 0 saturated heterocycles. The molecule has 1 aliphatic heterocycles. The van der Waals surface area contributed by atoms with Crippen molar-refractivity contribution in [3.63, 3.8) is 0 Å². The molecule has 0 saturated carbocycles. The summed E-state index contributed by atoms with van der Waals surface area (Å²) < 4.78 is 15.9. The molecule has 0 aliphatic carbocycles. The topological polar surface area (TPSA) is 48.0 Å². The van der Waals surface area contributed by atoms with Gasteiger partial charge in [-0.3, -0.25) is 4.90 Å². The first kappa shape index (κ1) is 15.6. The lowest BCUT2D eigenvalue weighted by Crippen LogP contribution is -2.33. The van der Waals surface area contributed by atoms with Gasteiger partial charge in [-0.2, -0.15) is 0 Å². The zero-order valence-corrected chi connectivity index (χ0v) is 13.1. The van der Waals surface area contributed by atoms with Gasteiger partial charge in [0.05, 0.1) is 6.61 Å². The van der Waals surface area contributed by atoms with Gasteiger partial charge < -0.3 is 14.2 Å². The average Bonchev–Trinajstić information content (AvgIpc) is 2.80. The lowest BCUT2D eigenvalue weighted by atomic mass is 10.1. The fourth-order valence-electron chi connectivity index (χ4n) is 2.16. The van der Waals surface area contributed by atoms with Crippen LogP contribution in [0.25, 0.3) is 0 Å². The number of hydrogen-bond acceptors (Lipinski definition) is 4. The van der Waals surface area contributed by atoms with Gasteiger partial charge >= 0.3 is 6.09 Å². The van der Waals surface area contributed by atoms with E-state index >= 15 is 0 Å². The van der Waals surface area contributed by atoms with Crippen molar-refractivity contribution in [3.8, 4) is 5.75 Å². The molecule has 21 heavy (non-hydrogen) atoms. The first-order chi connectivity index (χ1) is 9.89. The van der Waals surface area contributed by atoms with Gasteiger partial charge in [-0.05, 0) is 44.0 Å². The van der Waals surface area contributed by atoms with E-state index in [1.54, 1.807) is 12.0 Å². The highest BCUT2D eigenvalue weighted by Crippen LogP contribution is 2.28. The van der Waals surface area contributed by atoms with Gasteiger partial charge in [-0.25, -0.2) is 4.79 Å². The predicted molar refractivity (Wildman–Crippen MR) is 79.3 cm³/mol. The summed E-state index contributed by atoms with van der Waals surface area (Å²) in [4.78, 5) is 13.8. The number of ether oxygens (including phenoxy) is 3. The van der Waals surface area contributed by atoms with Gasteiger partial charge in [-0.1, -0.05) is 6.07 Å². The zero-order valence-electron chi connectivity index (χ0n) is 13.1. The first-order valence-electron chi connectivity index (χ1n) is 7.10. The van der Waals surface area contributed by atoms with Gasteiger partial charge in [0.25, 0.3) is 0 Å². The lowest BCUT2D eigenvalue weighted by Gasteiger charge is -2.24. The van der Waals surface area contributed by atoms with Gasteiger partial charge in [0, 0.05) is 20.2 Å². The van der Waals surface area contributed by atoms with Crippen LogP contribution in [0.3, 0.4) is 0 Å². The largest absolute Gasteiger partial charge is 0.491 e. The molecule has 0 bridgehead atoms. The van der Waals surface area contributed by atoms with Crippen LogP contribution >= 0.6 is 0 Å². The van der Waals surface area contributed by atoms with E-state index in [1.165, 1.54) is 0 Å². The molecular weight excluding hydrogens is 270 g/mol. The molecule has 0 N–H and O–H groups in total. The molecule has 1 aromatic rings. The maximum absolute atomic E-state index is 12.1. The number of benzene rings is 1. The third-order valence-corrected chi connectivity index (χ3v) is 3.11. The van der Waals surface area contributed by atoms with Crippen molar-refractivity contribution >= 4 is 6.09 Å². The molecule has 0 spiro atoms. The molecule has 0 fully saturated rings. The normalized spacial score (nSPS) is 14.0. The lowest BCUT2D eigenvalue weighted by molar-refractivity contribution is 0.0242. The smallest absolute Gasteiger partial charge is 0.410 e. The second-order valence-electron chi connectivity index (χ2n) is 6.11. The molecule has 0 aromatic heterocycles. The Morgan fingerprint density at radius 2 is 1.90 bits per heavy atom. The maximum atomic E-state index is 12.1. The van der Waals surface area contributed by atoms with E-state index < -0.39 is 5.60 Å². The maximum Gasteiger partial charge on any atom is 0.410 e. The highest BCUT2D eigenvalue weighted by Gasteiger charge is 2.27. The van der Waals surface area contributed by atoms with E-state index in [0.717, 1.165) is 16.9 Å². The van der Waals surface area contributed by atoms with E-state index in [4.69, 9.17) is 14.2 Å². The number of carbonyl (C=O) groups excluding carboxylic acids is 1. The Bertz CT molecular complexity index is 507. The van der Waals surface area contributed by atoms with Crippen molar-refractivity contribution in [2.45, 2.75) is 39.5 Å². The minimum absolute atomic E-state index is 0.277. The molecule has 116 valence electrons. The Morgan fingerprint density at radius 1 is 1.19 bits per heavy atom. The molecule has 0 atom stereocenters. The molecule has 2 rings (SSSR count). The molecule has 0 unspecified atom stereocenters. The summed E-state index contributed by atoms with van der Waals surface area (Å²) in [6, 6.07) is 5.91. The van der Waals surface area contributed by atoms with Crippen LogP contribution in [0, 0.1) is 0 Å². The summed E-state index contributed by atoms with van der Waals surface area (Å²) in [5.41, 5.74) is 1.77. The third kappa shape index (κ3) is 4.36. The number of hydrogen-bond donors (Lipinski definition) is 0. The summed E-state index contributed by atoms with van der Waals surface area (Å²) in [5, 5.41) is 0. The first-order valence-corrected chi connectivity index (χ1v) is 7.10.